The third-order valence-corrected chi connectivity index (χ3v) is 3.84. The van der Waals surface area contributed by atoms with Crippen LogP contribution in [0.25, 0.3) is 0 Å². The van der Waals surface area contributed by atoms with Crippen LogP contribution in [-0.2, 0) is 25.2 Å². The first-order valence-electron chi connectivity index (χ1n) is 8.79. The summed E-state index contributed by atoms with van der Waals surface area (Å²) in [7, 11) is 1.38. The number of esters is 1. The fourth-order valence-electron chi connectivity index (χ4n) is 2.26. The van der Waals surface area contributed by atoms with Crippen LogP contribution >= 0.6 is 0 Å². The third kappa shape index (κ3) is 7.29. The van der Waals surface area contributed by atoms with Crippen LogP contribution in [0.5, 0.6) is 5.75 Å². The number of urea groups is 1. The second kappa shape index (κ2) is 8.88. The molecule has 0 aromatic heterocycles. The summed E-state index contributed by atoms with van der Waals surface area (Å²) in [5.41, 5.74) is 1.98. The molecule has 0 unspecified atom stereocenters. The minimum absolute atomic E-state index is 0.00436. The van der Waals surface area contributed by atoms with Crippen LogP contribution < -0.4 is 15.4 Å². The van der Waals surface area contributed by atoms with Gasteiger partial charge in [0.1, 0.15) is 5.75 Å². The largest absolute Gasteiger partial charge is 0.482 e. The molecule has 0 heterocycles. The van der Waals surface area contributed by atoms with Gasteiger partial charge < -0.3 is 14.8 Å². The first kappa shape index (κ1) is 22.5. The Kier molecular flexibility index (Phi) is 7.39. The second-order valence-corrected chi connectivity index (χ2v) is 8.29. The highest BCUT2D eigenvalue weighted by Crippen LogP contribution is 2.35. The van der Waals surface area contributed by atoms with Gasteiger partial charge in [-0.05, 0) is 28.0 Å². The molecule has 1 aromatic rings. The summed E-state index contributed by atoms with van der Waals surface area (Å²) < 4.78 is 10.5. The van der Waals surface area contributed by atoms with Crippen LogP contribution in [-0.4, -0.2) is 38.2 Å². The number of ether oxygens (including phenoxy) is 2. The van der Waals surface area contributed by atoms with Crippen molar-refractivity contribution in [2.45, 2.75) is 52.4 Å². The molecule has 0 atom stereocenters. The molecule has 0 spiro atoms. The molecular weight excluding hydrogens is 348 g/mol. The summed E-state index contributed by atoms with van der Waals surface area (Å²) in [6, 6.07) is 5.26. The monoisotopic (exact) mass is 378 g/mol. The van der Waals surface area contributed by atoms with Crippen LogP contribution in [0.2, 0.25) is 0 Å². The molecule has 0 aliphatic heterocycles. The Hall–Kier alpha value is -2.57. The molecule has 0 radical (unpaired) electrons. The van der Waals surface area contributed by atoms with E-state index in [1.54, 1.807) is 0 Å². The van der Waals surface area contributed by atoms with Crippen LogP contribution in [0, 0.1) is 0 Å². The maximum absolute atomic E-state index is 11.8. The van der Waals surface area contributed by atoms with Crippen molar-refractivity contribution in [1.82, 2.24) is 10.6 Å². The molecule has 3 amide bonds. The zero-order valence-electron chi connectivity index (χ0n) is 17.2. The molecule has 0 bridgehead atoms. The number of amides is 3. The predicted octanol–water partition coefficient (Wildman–Crippen LogP) is 2.66. The maximum atomic E-state index is 11.8. The lowest BCUT2D eigenvalue weighted by Crippen LogP contribution is -2.40. The predicted molar refractivity (Wildman–Crippen MR) is 103 cm³/mol. The summed E-state index contributed by atoms with van der Waals surface area (Å²) in [5, 5.41) is 4.23. The Balaban J connectivity index is 2.75. The number of carbonyl (C=O) groups is 3. The lowest BCUT2D eigenvalue weighted by Gasteiger charge is -2.27. The van der Waals surface area contributed by atoms with E-state index in [1.165, 1.54) is 12.6 Å². The SMILES string of the molecule is CNC(=O)NC(=O)COC(=O)COc1ccc(C(C)(C)C)cc1C(C)(C)C. The van der Waals surface area contributed by atoms with E-state index in [0.717, 1.165) is 5.56 Å². The van der Waals surface area contributed by atoms with E-state index >= 15 is 0 Å². The van der Waals surface area contributed by atoms with Gasteiger partial charge in [0.2, 0.25) is 0 Å². The summed E-state index contributed by atoms with van der Waals surface area (Å²) in [6.07, 6.45) is 0. The number of rotatable bonds is 5. The van der Waals surface area contributed by atoms with Crippen LogP contribution in [0.3, 0.4) is 0 Å². The average molecular weight is 378 g/mol. The zero-order valence-corrected chi connectivity index (χ0v) is 17.2. The van der Waals surface area contributed by atoms with E-state index in [2.05, 4.69) is 52.9 Å². The summed E-state index contributed by atoms with van der Waals surface area (Å²) in [4.78, 5) is 34.3. The van der Waals surface area contributed by atoms with E-state index in [-0.39, 0.29) is 17.4 Å². The Morgan fingerprint density at radius 1 is 0.963 bits per heavy atom. The van der Waals surface area contributed by atoms with Crippen molar-refractivity contribution in [2.75, 3.05) is 20.3 Å². The minimum Gasteiger partial charge on any atom is -0.482 e. The van der Waals surface area contributed by atoms with Gasteiger partial charge in [0.25, 0.3) is 5.91 Å². The van der Waals surface area contributed by atoms with Gasteiger partial charge in [-0.1, -0.05) is 53.7 Å². The van der Waals surface area contributed by atoms with Crippen LogP contribution in [0.1, 0.15) is 52.7 Å². The highest BCUT2D eigenvalue weighted by Gasteiger charge is 2.23. The molecular formula is C20H30N2O5. The highest BCUT2D eigenvalue weighted by atomic mass is 16.6. The fraction of sp³-hybridized carbons (Fsp3) is 0.550. The minimum atomic E-state index is -0.715. The second-order valence-electron chi connectivity index (χ2n) is 8.29. The zero-order chi connectivity index (χ0) is 20.8. The van der Waals surface area contributed by atoms with Crippen molar-refractivity contribution < 1.29 is 23.9 Å². The van der Waals surface area contributed by atoms with Crippen molar-refractivity contribution >= 4 is 17.9 Å². The van der Waals surface area contributed by atoms with Gasteiger partial charge in [-0.15, -0.1) is 0 Å². The molecule has 1 aromatic carbocycles. The number of hydrogen-bond donors (Lipinski definition) is 2. The van der Waals surface area contributed by atoms with Crippen molar-refractivity contribution in [3.63, 3.8) is 0 Å². The first-order chi connectivity index (χ1) is 12.3. The van der Waals surface area contributed by atoms with Gasteiger partial charge in [-0.25, -0.2) is 9.59 Å². The lowest BCUT2D eigenvalue weighted by molar-refractivity contribution is -0.150. The van der Waals surface area contributed by atoms with Gasteiger partial charge >= 0.3 is 12.0 Å². The van der Waals surface area contributed by atoms with E-state index in [1.807, 2.05) is 17.4 Å². The normalized spacial score (nSPS) is 11.5. The average Bonchev–Trinajstić information content (AvgIpc) is 2.56. The van der Waals surface area contributed by atoms with Gasteiger partial charge in [0.15, 0.2) is 13.2 Å². The van der Waals surface area contributed by atoms with Crippen molar-refractivity contribution in [3.05, 3.63) is 29.3 Å². The van der Waals surface area contributed by atoms with Crippen molar-refractivity contribution in [1.29, 1.82) is 0 Å². The van der Waals surface area contributed by atoms with E-state index in [9.17, 15) is 14.4 Å². The fourth-order valence-corrected chi connectivity index (χ4v) is 2.26. The lowest BCUT2D eigenvalue weighted by atomic mass is 9.80. The Labute approximate surface area is 160 Å². The van der Waals surface area contributed by atoms with Gasteiger partial charge in [-0.2, -0.15) is 0 Å². The Bertz CT molecular complexity index is 699. The molecule has 27 heavy (non-hydrogen) atoms. The third-order valence-electron chi connectivity index (χ3n) is 3.84. The topological polar surface area (TPSA) is 93.7 Å². The van der Waals surface area contributed by atoms with Gasteiger partial charge in [0.05, 0.1) is 0 Å². The molecule has 0 saturated carbocycles. The number of hydrogen-bond acceptors (Lipinski definition) is 5. The van der Waals surface area contributed by atoms with Crippen LogP contribution in [0.4, 0.5) is 4.79 Å². The summed E-state index contributed by atoms with van der Waals surface area (Å²) in [5.74, 6) is -0.809. The Morgan fingerprint density at radius 3 is 2.11 bits per heavy atom. The van der Waals surface area contributed by atoms with Gasteiger partial charge in [0, 0.05) is 7.05 Å². The van der Waals surface area contributed by atoms with Gasteiger partial charge in [-0.3, -0.25) is 10.1 Å². The quantitative estimate of drug-likeness (QED) is 0.768. The number of carbonyl (C=O) groups excluding carboxylic acids is 3. The molecule has 150 valence electrons. The molecule has 0 saturated heterocycles. The maximum Gasteiger partial charge on any atom is 0.344 e. The summed E-state index contributed by atoms with van der Waals surface area (Å²) >= 11 is 0. The van der Waals surface area contributed by atoms with E-state index < -0.39 is 24.5 Å². The number of benzene rings is 1. The van der Waals surface area contributed by atoms with Crippen molar-refractivity contribution in [2.24, 2.45) is 0 Å². The summed E-state index contributed by atoms with van der Waals surface area (Å²) in [6.45, 7) is 11.7. The van der Waals surface area contributed by atoms with E-state index in [4.69, 9.17) is 9.47 Å². The number of nitrogens with one attached hydrogen (secondary N) is 2. The highest BCUT2D eigenvalue weighted by molar-refractivity contribution is 5.95. The molecule has 2 N–H and O–H groups in total. The van der Waals surface area contributed by atoms with E-state index in [0.29, 0.717) is 5.75 Å². The Morgan fingerprint density at radius 2 is 1.59 bits per heavy atom. The molecule has 0 fully saturated rings. The van der Waals surface area contributed by atoms with Crippen molar-refractivity contribution in [3.8, 4) is 5.75 Å². The first-order valence-corrected chi connectivity index (χ1v) is 8.79. The standard InChI is InChI=1S/C20H30N2O5/c1-19(2,3)13-8-9-15(14(10-13)20(4,5)6)26-12-17(24)27-11-16(23)22-18(25)21-7/h8-10H,11-12H2,1-7H3,(H2,21,22,23,25). The number of imide groups is 1. The molecule has 0 aliphatic rings. The molecule has 0 aliphatic carbocycles. The molecule has 7 heteroatoms. The molecule has 7 nitrogen and oxygen atoms in total. The van der Waals surface area contributed by atoms with Crippen LogP contribution in [0.15, 0.2) is 18.2 Å². The molecule has 1 rings (SSSR count). The smallest absolute Gasteiger partial charge is 0.344 e.